The third-order valence-electron chi connectivity index (χ3n) is 3.40. The van der Waals surface area contributed by atoms with E-state index in [1.54, 1.807) is 19.3 Å². The zero-order chi connectivity index (χ0) is 16.4. The molecule has 2 aliphatic heterocycles. The molecule has 0 unspecified atom stereocenters. The number of hydrazone groups is 1. The van der Waals surface area contributed by atoms with Gasteiger partial charge in [-0.05, 0) is 36.7 Å². The number of nitrogens with one attached hydrogen (secondary N) is 1. The summed E-state index contributed by atoms with van der Waals surface area (Å²) in [5, 5.41) is 15.4. The van der Waals surface area contributed by atoms with Crippen LogP contribution in [0, 0.1) is 5.41 Å². The van der Waals surface area contributed by atoms with Crippen LogP contribution in [-0.4, -0.2) is 34.1 Å². The number of nitrogens with zero attached hydrogens (tertiary/aromatic N) is 3. The summed E-state index contributed by atoms with van der Waals surface area (Å²) < 4.78 is 5.29. The summed E-state index contributed by atoms with van der Waals surface area (Å²) in [6.07, 6.45) is 3.40. The summed E-state index contributed by atoms with van der Waals surface area (Å²) in [4.78, 5) is 16.3. The molecule has 6 nitrogen and oxygen atoms in total. The standard InChI is InChI=1S/C16H16N4O2S/c1-3-6-13-19-20-14(17)11(15(21)18-16(20)23-13)9-10-7-4-5-8-12(10)22-2/h4-5,7-9,17H,3,6H2,1-2H3. The average molecular weight is 328 g/mol. The van der Waals surface area contributed by atoms with Crippen LogP contribution in [0.25, 0.3) is 6.08 Å². The summed E-state index contributed by atoms with van der Waals surface area (Å²) in [5.41, 5.74) is 0.937. The van der Waals surface area contributed by atoms with Crippen molar-refractivity contribution >= 4 is 39.8 Å². The molecule has 2 aliphatic rings. The van der Waals surface area contributed by atoms with Gasteiger partial charge in [0.15, 0.2) is 5.84 Å². The minimum Gasteiger partial charge on any atom is -0.496 e. The molecule has 1 aromatic rings. The number of carbonyl (C=O) groups excluding carboxylic acids is 1. The maximum absolute atomic E-state index is 12.3. The molecule has 0 fully saturated rings. The van der Waals surface area contributed by atoms with E-state index >= 15 is 0 Å². The highest BCUT2D eigenvalue weighted by Gasteiger charge is 2.35. The SMILES string of the molecule is CCCC1=NN2C(=N)C(=Cc3ccccc3OC)C(=O)N=C2S1. The molecule has 0 atom stereocenters. The van der Waals surface area contributed by atoms with Crippen molar-refractivity contribution in [2.45, 2.75) is 19.8 Å². The van der Waals surface area contributed by atoms with E-state index in [4.69, 9.17) is 10.1 Å². The van der Waals surface area contributed by atoms with Gasteiger partial charge in [0.2, 0.25) is 5.17 Å². The summed E-state index contributed by atoms with van der Waals surface area (Å²) >= 11 is 1.36. The fraction of sp³-hybridized carbons (Fsp3) is 0.250. The third kappa shape index (κ3) is 2.92. The van der Waals surface area contributed by atoms with Gasteiger partial charge in [-0.1, -0.05) is 25.1 Å². The summed E-state index contributed by atoms with van der Waals surface area (Å²) in [5.74, 6) is 0.262. The predicted octanol–water partition coefficient (Wildman–Crippen LogP) is 3.11. The summed E-state index contributed by atoms with van der Waals surface area (Å²) in [6.45, 7) is 2.06. The van der Waals surface area contributed by atoms with E-state index in [1.165, 1.54) is 16.8 Å². The molecule has 0 aromatic heterocycles. The Labute approximate surface area is 138 Å². The Morgan fingerprint density at radius 3 is 2.91 bits per heavy atom. The zero-order valence-corrected chi connectivity index (χ0v) is 13.7. The van der Waals surface area contributed by atoms with Crippen molar-refractivity contribution in [2.24, 2.45) is 10.1 Å². The highest BCUT2D eigenvalue weighted by atomic mass is 32.2. The lowest BCUT2D eigenvalue weighted by molar-refractivity contribution is -0.114. The van der Waals surface area contributed by atoms with Crippen LogP contribution in [0.4, 0.5) is 0 Å². The lowest BCUT2D eigenvalue weighted by Crippen LogP contribution is -2.35. The average Bonchev–Trinajstić information content (AvgIpc) is 2.95. The third-order valence-corrected chi connectivity index (χ3v) is 4.37. The smallest absolute Gasteiger partial charge is 0.283 e. The fourth-order valence-corrected chi connectivity index (χ4v) is 3.27. The number of hydrogen-bond acceptors (Lipinski definition) is 5. The molecule has 0 saturated heterocycles. The first kappa shape index (κ1) is 15.5. The van der Waals surface area contributed by atoms with Gasteiger partial charge in [0, 0.05) is 5.56 Å². The van der Waals surface area contributed by atoms with Crippen molar-refractivity contribution in [3.05, 3.63) is 35.4 Å². The predicted molar refractivity (Wildman–Crippen MR) is 92.9 cm³/mol. The highest BCUT2D eigenvalue weighted by molar-refractivity contribution is 8.26. The molecule has 23 heavy (non-hydrogen) atoms. The number of amidine groups is 2. The van der Waals surface area contributed by atoms with Gasteiger partial charge in [-0.25, -0.2) is 0 Å². The Morgan fingerprint density at radius 1 is 1.39 bits per heavy atom. The van der Waals surface area contributed by atoms with E-state index < -0.39 is 5.91 Å². The molecular weight excluding hydrogens is 312 g/mol. The van der Waals surface area contributed by atoms with Crippen molar-refractivity contribution in [1.29, 1.82) is 5.41 Å². The number of thioether (sulfide) groups is 1. The first-order valence-electron chi connectivity index (χ1n) is 7.26. The van der Waals surface area contributed by atoms with Gasteiger partial charge in [0.1, 0.15) is 10.8 Å². The molecule has 3 rings (SSSR count). The van der Waals surface area contributed by atoms with Gasteiger partial charge in [0.05, 0.1) is 12.7 Å². The van der Waals surface area contributed by atoms with Crippen LogP contribution in [0.1, 0.15) is 25.3 Å². The zero-order valence-electron chi connectivity index (χ0n) is 12.9. The molecule has 1 N–H and O–H groups in total. The lowest BCUT2D eigenvalue weighted by atomic mass is 10.1. The number of aliphatic imine (C=N–C) groups is 1. The van der Waals surface area contributed by atoms with Gasteiger partial charge < -0.3 is 4.74 Å². The van der Waals surface area contributed by atoms with Gasteiger partial charge in [-0.2, -0.15) is 15.1 Å². The first-order valence-corrected chi connectivity index (χ1v) is 8.07. The Hall–Kier alpha value is -2.41. The molecule has 0 saturated carbocycles. The van der Waals surface area contributed by atoms with E-state index in [0.717, 1.165) is 23.4 Å². The second-order valence-corrected chi connectivity index (χ2v) is 6.05. The van der Waals surface area contributed by atoms with Gasteiger partial charge in [-0.15, -0.1) is 0 Å². The van der Waals surface area contributed by atoms with Crippen molar-refractivity contribution in [2.75, 3.05) is 7.11 Å². The summed E-state index contributed by atoms with van der Waals surface area (Å²) in [6, 6.07) is 7.34. The number of rotatable bonds is 4. The topological polar surface area (TPSA) is 78.1 Å². The second-order valence-electron chi connectivity index (χ2n) is 5.01. The second kappa shape index (κ2) is 6.37. The molecule has 1 aromatic carbocycles. The molecule has 0 radical (unpaired) electrons. The number of carbonyl (C=O) groups is 1. The Kier molecular flexibility index (Phi) is 4.29. The molecule has 7 heteroatoms. The molecule has 0 aliphatic carbocycles. The number of para-hydroxylation sites is 1. The molecule has 1 amide bonds. The highest BCUT2D eigenvalue weighted by Crippen LogP contribution is 2.30. The maximum atomic E-state index is 12.3. The molecule has 0 bridgehead atoms. The number of ether oxygens (including phenoxy) is 1. The number of fused-ring (bicyclic) bond motifs is 1. The van der Waals surface area contributed by atoms with E-state index in [1.807, 2.05) is 18.2 Å². The summed E-state index contributed by atoms with van der Waals surface area (Å²) in [7, 11) is 1.57. The van der Waals surface area contributed by atoms with Crippen LogP contribution >= 0.6 is 11.8 Å². The first-order chi connectivity index (χ1) is 11.1. The van der Waals surface area contributed by atoms with Crippen LogP contribution in [0.2, 0.25) is 0 Å². The molecule has 2 heterocycles. The van der Waals surface area contributed by atoms with Gasteiger partial charge in [-0.3, -0.25) is 10.2 Å². The Balaban J connectivity index is 1.98. The van der Waals surface area contributed by atoms with E-state index in [2.05, 4.69) is 17.0 Å². The Bertz CT molecular complexity index is 767. The number of benzene rings is 1. The number of amides is 1. The molecule has 0 spiro atoms. The fourth-order valence-electron chi connectivity index (χ4n) is 2.29. The monoisotopic (exact) mass is 328 g/mol. The van der Waals surface area contributed by atoms with Gasteiger partial charge in [0.25, 0.3) is 5.91 Å². The van der Waals surface area contributed by atoms with Crippen LogP contribution in [0.15, 0.2) is 39.9 Å². The largest absolute Gasteiger partial charge is 0.496 e. The number of methoxy groups -OCH3 is 1. The Morgan fingerprint density at radius 2 is 2.17 bits per heavy atom. The van der Waals surface area contributed by atoms with Crippen molar-refractivity contribution in [3.8, 4) is 5.75 Å². The van der Waals surface area contributed by atoms with E-state index in [9.17, 15) is 4.79 Å². The van der Waals surface area contributed by atoms with Crippen LogP contribution in [0.3, 0.4) is 0 Å². The van der Waals surface area contributed by atoms with Crippen LogP contribution in [-0.2, 0) is 4.79 Å². The minimum absolute atomic E-state index is 0.0458. The minimum atomic E-state index is -0.424. The normalized spacial score (nSPS) is 18.9. The lowest BCUT2D eigenvalue weighted by Gasteiger charge is -2.20. The van der Waals surface area contributed by atoms with Crippen molar-refractivity contribution in [3.63, 3.8) is 0 Å². The molecular formula is C16H16N4O2S. The van der Waals surface area contributed by atoms with E-state index in [0.29, 0.717) is 10.9 Å². The maximum Gasteiger partial charge on any atom is 0.283 e. The van der Waals surface area contributed by atoms with Crippen molar-refractivity contribution in [1.82, 2.24) is 5.01 Å². The van der Waals surface area contributed by atoms with E-state index in [-0.39, 0.29) is 11.4 Å². The molecule has 118 valence electrons. The van der Waals surface area contributed by atoms with Crippen molar-refractivity contribution < 1.29 is 9.53 Å². The number of hydrogen-bond donors (Lipinski definition) is 1. The van der Waals surface area contributed by atoms with Crippen LogP contribution in [0.5, 0.6) is 5.75 Å². The van der Waals surface area contributed by atoms with Crippen LogP contribution < -0.4 is 4.74 Å². The quantitative estimate of drug-likeness (QED) is 0.861. The van der Waals surface area contributed by atoms with Gasteiger partial charge >= 0.3 is 0 Å².